The number of rotatable bonds is 6. The highest BCUT2D eigenvalue weighted by Gasteiger charge is 2.01. The molecular formula is C13H20FNO. The fourth-order valence-electron chi connectivity index (χ4n) is 1.47. The fourth-order valence-corrected chi connectivity index (χ4v) is 1.47. The molecule has 0 aromatic heterocycles. The Bertz CT molecular complexity index is 326. The highest BCUT2D eigenvalue weighted by Crippen LogP contribution is 2.14. The molecule has 3 heteroatoms. The minimum atomic E-state index is -0.305. The van der Waals surface area contributed by atoms with Gasteiger partial charge >= 0.3 is 0 Å². The first kappa shape index (κ1) is 13.0. The molecule has 0 saturated heterocycles. The Balaban J connectivity index is 2.27. The Morgan fingerprint density at radius 1 is 1.38 bits per heavy atom. The molecule has 0 aliphatic carbocycles. The minimum absolute atomic E-state index is 0.305. The minimum Gasteiger partial charge on any atom is -0.398 e. The zero-order valence-electron chi connectivity index (χ0n) is 10.0. The van der Waals surface area contributed by atoms with Gasteiger partial charge in [-0.25, -0.2) is 4.39 Å². The third-order valence-electron chi connectivity index (χ3n) is 2.44. The normalized spacial score (nSPS) is 11.0. The smallest absolute Gasteiger partial charge is 0.125 e. The van der Waals surface area contributed by atoms with Crippen molar-refractivity contribution in [1.29, 1.82) is 0 Å². The van der Waals surface area contributed by atoms with Gasteiger partial charge in [0.1, 0.15) is 5.82 Å². The lowest BCUT2D eigenvalue weighted by Gasteiger charge is -2.08. The topological polar surface area (TPSA) is 35.2 Å². The predicted octanol–water partition coefficient (Wildman–Crippen LogP) is 3.36. The number of hydrogen-bond donors (Lipinski definition) is 1. The molecule has 1 rings (SSSR count). The molecule has 16 heavy (non-hydrogen) atoms. The highest BCUT2D eigenvalue weighted by molar-refractivity contribution is 5.46. The van der Waals surface area contributed by atoms with Crippen molar-refractivity contribution in [1.82, 2.24) is 0 Å². The number of nitrogen functional groups attached to an aromatic ring is 1. The summed E-state index contributed by atoms with van der Waals surface area (Å²) in [6, 6.07) is 4.41. The van der Waals surface area contributed by atoms with Crippen LogP contribution < -0.4 is 5.73 Å². The van der Waals surface area contributed by atoms with Crippen LogP contribution in [0.2, 0.25) is 0 Å². The zero-order chi connectivity index (χ0) is 12.0. The van der Waals surface area contributed by atoms with Gasteiger partial charge in [0, 0.05) is 17.9 Å². The van der Waals surface area contributed by atoms with E-state index in [0.717, 1.165) is 18.6 Å². The molecule has 0 spiro atoms. The van der Waals surface area contributed by atoms with Crippen molar-refractivity contribution in [3.05, 3.63) is 29.6 Å². The first-order valence-corrected chi connectivity index (χ1v) is 5.71. The number of ether oxygens (including phenoxy) is 1. The van der Waals surface area contributed by atoms with E-state index in [4.69, 9.17) is 10.5 Å². The molecule has 0 aliphatic rings. The fraction of sp³-hybridized carbons (Fsp3) is 0.538. The Hall–Kier alpha value is -1.09. The van der Waals surface area contributed by atoms with Gasteiger partial charge in [0.05, 0.1) is 6.61 Å². The van der Waals surface area contributed by atoms with E-state index in [-0.39, 0.29) is 5.82 Å². The average molecular weight is 225 g/mol. The van der Waals surface area contributed by atoms with Crippen molar-refractivity contribution in [3.63, 3.8) is 0 Å². The van der Waals surface area contributed by atoms with Crippen molar-refractivity contribution in [3.8, 4) is 0 Å². The summed E-state index contributed by atoms with van der Waals surface area (Å²) < 4.78 is 18.2. The third-order valence-corrected chi connectivity index (χ3v) is 2.44. The van der Waals surface area contributed by atoms with E-state index < -0.39 is 0 Å². The second-order valence-corrected chi connectivity index (χ2v) is 4.43. The Morgan fingerprint density at radius 3 is 2.75 bits per heavy atom. The molecule has 2 nitrogen and oxygen atoms in total. The molecule has 1 aromatic carbocycles. The summed E-state index contributed by atoms with van der Waals surface area (Å²) in [6.45, 7) is 5.58. The Labute approximate surface area is 96.6 Å². The molecule has 0 heterocycles. The molecule has 0 saturated carbocycles. The molecular weight excluding hydrogens is 205 g/mol. The SMILES string of the molecule is CC(C)CCCOCc1ccc(F)cc1N. The standard InChI is InChI=1S/C13H20FNO/c1-10(2)4-3-7-16-9-11-5-6-12(14)8-13(11)15/h5-6,8,10H,3-4,7,9,15H2,1-2H3. The summed E-state index contributed by atoms with van der Waals surface area (Å²) in [5, 5.41) is 0. The summed E-state index contributed by atoms with van der Waals surface area (Å²) in [4.78, 5) is 0. The summed E-state index contributed by atoms with van der Waals surface area (Å²) in [5.74, 6) is 0.403. The second-order valence-electron chi connectivity index (χ2n) is 4.43. The van der Waals surface area contributed by atoms with Crippen LogP contribution in [0, 0.1) is 11.7 Å². The van der Waals surface area contributed by atoms with Crippen molar-refractivity contribution < 1.29 is 9.13 Å². The molecule has 0 bridgehead atoms. The molecule has 2 N–H and O–H groups in total. The van der Waals surface area contributed by atoms with Crippen LogP contribution in [0.1, 0.15) is 32.3 Å². The summed E-state index contributed by atoms with van der Waals surface area (Å²) in [6.07, 6.45) is 2.22. The highest BCUT2D eigenvalue weighted by atomic mass is 19.1. The largest absolute Gasteiger partial charge is 0.398 e. The predicted molar refractivity (Wildman–Crippen MR) is 64.5 cm³/mol. The van der Waals surface area contributed by atoms with E-state index in [9.17, 15) is 4.39 Å². The Kier molecular flexibility index (Phi) is 5.26. The molecule has 0 unspecified atom stereocenters. The number of nitrogens with two attached hydrogens (primary N) is 1. The average Bonchev–Trinajstić information content (AvgIpc) is 2.20. The van der Waals surface area contributed by atoms with E-state index >= 15 is 0 Å². The maximum absolute atomic E-state index is 12.8. The van der Waals surface area contributed by atoms with E-state index in [1.807, 2.05) is 0 Å². The number of hydrogen-bond acceptors (Lipinski definition) is 2. The van der Waals surface area contributed by atoms with Gasteiger partial charge < -0.3 is 10.5 Å². The quantitative estimate of drug-likeness (QED) is 0.595. The zero-order valence-corrected chi connectivity index (χ0v) is 10.0. The van der Waals surface area contributed by atoms with E-state index in [0.29, 0.717) is 18.2 Å². The van der Waals surface area contributed by atoms with Crippen molar-refractivity contribution in [2.45, 2.75) is 33.3 Å². The monoisotopic (exact) mass is 225 g/mol. The summed E-state index contributed by atoms with van der Waals surface area (Å²) in [5.41, 5.74) is 6.98. The van der Waals surface area contributed by atoms with Crippen LogP contribution in [-0.2, 0) is 11.3 Å². The molecule has 0 fully saturated rings. The van der Waals surface area contributed by atoms with Gasteiger partial charge in [-0.15, -0.1) is 0 Å². The van der Waals surface area contributed by atoms with Gasteiger partial charge in [0.15, 0.2) is 0 Å². The van der Waals surface area contributed by atoms with Crippen LogP contribution >= 0.6 is 0 Å². The van der Waals surface area contributed by atoms with Crippen LogP contribution in [0.15, 0.2) is 18.2 Å². The van der Waals surface area contributed by atoms with E-state index in [1.54, 1.807) is 6.07 Å². The van der Waals surface area contributed by atoms with Crippen LogP contribution in [0.5, 0.6) is 0 Å². The van der Waals surface area contributed by atoms with Crippen LogP contribution in [0.3, 0.4) is 0 Å². The lowest BCUT2D eigenvalue weighted by atomic mass is 10.1. The molecule has 0 amide bonds. The van der Waals surface area contributed by atoms with Crippen molar-refractivity contribution in [2.24, 2.45) is 5.92 Å². The van der Waals surface area contributed by atoms with Gasteiger partial charge in [-0.2, -0.15) is 0 Å². The summed E-state index contributed by atoms with van der Waals surface area (Å²) in [7, 11) is 0. The molecule has 0 atom stereocenters. The van der Waals surface area contributed by atoms with Gasteiger partial charge in [0.25, 0.3) is 0 Å². The lowest BCUT2D eigenvalue weighted by molar-refractivity contribution is 0.115. The third kappa shape index (κ3) is 4.62. The molecule has 0 radical (unpaired) electrons. The van der Waals surface area contributed by atoms with Gasteiger partial charge in [-0.1, -0.05) is 19.9 Å². The molecule has 1 aromatic rings. The molecule has 0 aliphatic heterocycles. The van der Waals surface area contributed by atoms with Gasteiger partial charge in [0.2, 0.25) is 0 Å². The van der Waals surface area contributed by atoms with Crippen LogP contribution in [-0.4, -0.2) is 6.61 Å². The van der Waals surface area contributed by atoms with Gasteiger partial charge in [-0.05, 0) is 30.9 Å². The van der Waals surface area contributed by atoms with Crippen LogP contribution in [0.4, 0.5) is 10.1 Å². The van der Waals surface area contributed by atoms with Gasteiger partial charge in [-0.3, -0.25) is 0 Å². The van der Waals surface area contributed by atoms with Crippen molar-refractivity contribution in [2.75, 3.05) is 12.3 Å². The lowest BCUT2D eigenvalue weighted by Crippen LogP contribution is -2.01. The maximum atomic E-state index is 12.8. The summed E-state index contributed by atoms with van der Waals surface area (Å²) >= 11 is 0. The number of halogens is 1. The molecule has 90 valence electrons. The Morgan fingerprint density at radius 2 is 2.12 bits per heavy atom. The van der Waals surface area contributed by atoms with E-state index in [2.05, 4.69) is 13.8 Å². The first-order valence-electron chi connectivity index (χ1n) is 5.71. The maximum Gasteiger partial charge on any atom is 0.125 e. The second kappa shape index (κ2) is 6.48. The number of anilines is 1. The number of benzene rings is 1. The van der Waals surface area contributed by atoms with Crippen LogP contribution in [0.25, 0.3) is 0 Å². The van der Waals surface area contributed by atoms with E-state index in [1.165, 1.54) is 18.6 Å². The first-order chi connectivity index (χ1) is 7.59. The van der Waals surface area contributed by atoms with Crippen molar-refractivity contribution >= 4 is 5.69 Å².